The van der Waals surface area contributed by atoms with Crippen LogP contribution in [-0.2, 0) is 0 Å². The van der Waals surface area contributed by atoms with E-state index in [1.165, 1.54) is 33.0 Å². The molecule has 0 fully saturated rings. The molecule has 8 aromatic carbocycles. The van der Waals surface area contributed by atoms with Gasteiger partial charge in [0.05, 0.1) is 22.8 Å². The highest BCUT2D eigenvalue weighted by Crippen LogP contribution is 2.47. The number of aromatic nitrogens is 1. The molecule has 6 nitrogen and oxygen atoms in total. The molecule has 1 atom stereocenters. The quantitative estimate of drug-likeness (QED) is 0.184. The predicted molar refractivity (Wildman–Crippen MR) is 238 cm³/mol. The zero-order chi connectivity index (χ0) is 38.2. The number of nitrogens with one attached hydrogen (secondary N) is 2. The molecule has 58 heavy (non-hydrogen) atoms. The summed E-state index contributed by atoms with van der Waals surface area (Å²) in [4.78, 5) is 10.9. The number of aliphatic imine (C=N–C) groups is 2. The van der Waals surface area contributed by atoms with Crippen molar-refractivity contribution in [1.29, 1.82) is 0 Å². The lowest BCUT2D eigenvalue weighted by Gasteiger charge is -2.24. The van der Waals surface area contributed by atoms with E-state index in [4.69, 9.17) is 14.4 Å². The highest BCUT2D eigenvalue weighted by atomic mass is 16.3. The van der Waals surface area contributed by atoms with Gasteiger partial charge in [-0.1, -0.05) is 158 Å². The SMILES string of the molecule is c1ccc(C2=NC(c3cc(-c4ccccc4)cc4oc5c(NC6c7ccccc7-c7ccccc76)cccc5c34)N=C(n3c4ccccc4c4ccccc43)N2)cc1. The Morgan fingerprint density at radius 1 is 0.500 bits per heavy atom. The molecule has 2 aromatic heterocycles. The normalized spacial score (nSPS) is 15.0. The summed E-state index contributed by atoms with van der Waals surface area (Å²) in [6, 6.07) is 66.0. The van der Waals surface area contributed by atoms with E-state index in [1.54, 1.807) is 0 Å². The van der Waals surface area contributed by atoms with Gasteiger partial charge in [0, 0.05) is 32.7 Å². The number of fused-ring (bicyclic) bond motifs is 9. The topological polar surface area (TPSA) is 66.8 Å². The average Bonchev–Trinajstić information content (AvgIpc) is 3.95. The van der Waals surface area contributed by atoms with E-state index in [2.05, 4.69) is 179 Å². The van der Waals surface area contributed by atoms with Crippen molar-refractivity contribution in [2.45, 2.75) is 12.2 Å². The molecule has 1 aliphatic carbocycles. The number of hydrogen-bond acceptors (Lipinski definition) is 5. The van der Waals surface area contributed by atoms with E-state index in [0.29, 0.717) is 5.96 Å². The molecular weight excluding hydrogens is 711 g/mol. The van der Waals surface area contributed by atoms with E-state index in [-0.39, 0.29) is 6.04 Å². The minimum absolute atomic E-state index is 0.0219. The van der Waals surface area contributed by atoms with E-state index >= 15 is 0 Å². The summed E-state index contributed by atoms with van der Waals surface area (Å²) < 4.78 is 9.25. The van der Waals surface area contributed by atoms with Crippen LogP contribution in [0.15, 0.2) is 202 Å². The number of rotatable bonds is 5. The van der Waals surface area contributed by atoms with Crippen LogP contribution in [0.3, 0.4) is 0 Å². The number of amidine groups is 1. The van der Waals surface area contributed by atoms with Crippen molar-refractivity contribution in [1.82, 2.24) is 9.88 Å². The van der Waals surface area contributed by atoms with Crippen LogP contribution >= 0.6 is 0 Å². The maximum Gasteiger partial charge on any atom is 0.211 e. The zero-order valence-electron chi connectivity index (χ0n) is 31.3. The van der Waals surface area contributed by atoms with Crippen molar-refractivity contribution in [3.63, 3.8) is 0 Å². The molecule has 1 aliphatic heterocycles. The molecular formula is C52H35N5O. The minimum Gasteiger partial charge on any atom is -0.454 e. The van der Waals surface area contributed by atoms with Crippen molar-refractivity contribution in [2.75, 3.05) is 5.32 Å². The number of benzene rings is 8. The molecule has 6 heteroatoms. The van der Waals surface area contributed by atoms with Gasteiger partial charge in [-0.25, -0.2) is 9.98 Å². The van der Waals surface area contributed by atoms with Crippen LogP contribution in [0.25, 0.3) is 66.0 Å². The first kappa shape index (κ1) is 32.5. The lowest BCUT2D eigenvalue weighted by molar-refractivity contribution is 0.667. The molecule has 10 aromatic rings. The van der Waals surface area contributed by atoms with Crippen LogP contribution in [0.5, 0.6) is 0 Å². The van der Waals surface area contributed by atoms with Gasteiger partial charge >= 0.3 is 0 Å². The Morgan fingerprint density at radius 3 is 1.78 bits per heavy atom. The van der Waals surface area contributed by atoms with Gasteiger partial charge in [-0.15, -0.1) is 0 Å². The first-order chi connectivity index (χ1) is 28.8. The van der Waals surface area contributed by atoms with E-state index in [9.17, 15) is 0 Å². The first-order valence-electron chi connectivity index (χ1n) is 19.7. The smallest absolute Gasteiger partial charge is 0.211 e. The number of nitrogens with zero attached hydrogens (tertiary/aromatic N) is 3. The van der Waals surface area contributed by atoms with E-state index < -0.39 is 6.17 Å². The second kappa shape index (κ2) is 12.9. The van der Waals surface area contributed by atoms with Gasteiger partial charge in [0.15, 0.2) is 11.7 Å². The Labute approximate surface area is 334 Å². The van der Waals surface area contributed by atoms with Crippen LogP contribution in [0, 0.1) is 0 Å². The molecule has 0 saturated carbocycles. The molecule has 0 spiro atoms. The highest BCUT2D eigenvalue weighted by molar-refractivity contribution is 6.19. The Balaban J connectivity index is 1.09. The summed E-state index contributed by atoms with van der Waals surface area (Å²) in [5.74, 6) is 1.47. The molecule has 0 radical (unpaired) electrons. The lowest BCUT2D eigenvalue weighted by Crippen LogP contribution is -2.39. The van der Waals surface area contributed by atoms with Crippen LogP contribution in [0.4, 0.5) is 5.69 Å². The van der Waals surface area contributed by atoms with Gasteiger partial charge in [-0.05, 0) is 63.7 Å². The number of furan rings is 1. The van der Waals surface area contributed by atoms with Gasteiger partial charge in [0.25, 0.3) is 0 Å². The summed E-state index contributed by atoms with van der Waals surface area (Å²) in [5, 5.41) is 12.0. The summed E-state index contributed by atoms with van der Waals surface area (Å²) in [5.41, 5.74) is 13.8. The largest absolute Gasteiger partial charge is 0.454 e. The first-order valence-corrected chi connectivity index (χ1v) is 19.7. The molecule has 0 bridgehead atoms. The van der Waals surface area contributed by atoms with Crippen molar-refractivity contribution in [3.8, 4) is 22.3 Å². The van der Waals surface area contributed by atoms with Crippen LogP contribution in [0.2, 0.25) is 0 Å². The third kappa shape index (κ3) is 5.05. The van der Waals surface area contributed by atoms with Crippen molar-refractivity contribution < 1.29 is 4.42 Å². The fourth-order valence-corrected chi connectivity index (χ4v) is 9.12. The minimum atomic E-state index is -0.594. The Hall–Kier alpha value is -7.70. The van der Waals surface area contributed by atoms with E-state index in [0.717, 1.165) is 66.7 Å². The Bertz CT molecular complexity index is 3200. The Kier molecular flexibility index (Phi) is 7.25. The molecule has 2 N–H and O–H groups in total. The monoisotopic (exact) mass is 745 g/mol. The van der Waals surface area contributed by atoms with Gasteiger partial charge in [0.2, 0.25) is 5.96 Å². The summed E-state index contributed by atoms with van der Waals surface area (Å²) in [6.07, 6.45) is -0.594. The number of hydrogen-bond donors (Lipinski definition) is 2. The molecule has 2 aliphatic rings. The number of para-hydroxylation sites is 3. The average molecular weight is 746 g/mol. The highest BCUT2D eigenvalue weighted by Gasteiger charge is 2.30. The van der Waals surface area contributed by atoms with Gasteiger partial charge in [-0.2, -0.15) is 0 Å². The third-order valence-corrected chi connectivity index (χ3v) is 11.7. The lowest BCUT2D eigenvalue weighted by atomic mass is 9.97. The van der Waals surface area contributed by atoms with Crippen molar-refractivity contribution in [2.24, 2.45) is 9.98 Å². The van der Waals surface area contributed by atoms with Gasteiger partial charge < -0.3 is 15.1 Å². The third-order valence-electron chi connectivity index (χ3n) is 11.7. The predicted octanol–water partition coefficient (Wildman–Crippen LogP) is 12.5. The molecule has 12 rings (SSSR count). The maximum absolute atomic E-state index is 7.01. The number of anilines is 1. The summed E-state index contributed by atoms with van der Waals surface area (Å²) in [6.45, 7) is 0. The second-order valence-electron chi connectivity index (χ2n) is 15.0. The fraction of sp³-hybridized carbons (Fsp3) is 0.0385. The van der Waals surface area contributed by atoms with Gasteiger partial charge in [0.1, 0.15) is 11.4 Å². The second-order valence-corrected chi connectivity index (χ2v) is 15.0. The summed E-state index contributed by atoms with van der Waals surface area (Å²) >= 11 is 0. The van der Waals surface area contributed by atoms with Crippen LogP contribution in [0.1, 0.15) is 34.5 Å². The van der Waals surface area contributed by atoms with Crippen molar-refractivity contribution >= 4 is 61.2 Å². The van der Waals surface area contributed by atoms with Crippen molar-refractivity contribution in [3.05, 3.63) is 210 Å². The van der Waals surface area contributed by atoms with Gasteiger partial charge in [-0.3, -0.25) is 4.57 Å². The molecule has 0 amide bonds. The fourth-order valence-electron chi connectivity index (χ4n) is 9.12. The molecule has 0 saturated heterocycles. The van der Waals surface area contributed by atoms with Crippen LogP contribution < -0.4 is 10.6 Å². The molecule has 1 unspecified atom stereocenters. The van der Waals surface area contributed by atoms with Crippen LogP contribution in [-0.4, -0.2) is 16.4 Å². The maximum atomic E-state index is 7.01. The molecule has 274 valence electrons. The summed E-state index contributed by atoms with van der Waals surface area (Å²) in [7, 11) is 0. The Morgan fingerprint density at radius 2 is 1.09 bits per heavy atom. The molecule has 3 heterocycles. The van der Waals surface area contributed by atoms with E-state index in [1.807, 2.05) is 24.3 Å². The zero-order valence-corrected chi connectivity index (χ0v) is 31.3. The standard InChI is InChI=1S/C52H35N5O/c1-3-16-32(17-4-1)34-30-42(47-41-26-15-27-43(49(41)58-46(47)31-34)53-48-39-24-9-7-20-35(39)36-21-8-10-25-40(36)48)51-54-50(33-18-5-2-6-19-33)55-52(56-51)57-44-28-13-11-22-37(44)38-23-12-14-29-45(38)57/h1-31,48,51,53H,(H,54,55,56).